The number of hydrogen-bond acceptors (Lipinski definition) is 4. The first-order valence-electron chi connectivity index (χ1n) is 8.57. The lowest BCUT2D eigenvalue weighted by atomic mass is 9.89. The third-order valence-corrected chi connectivity index (χ3v) is 4.63. The van der Waals surface area contributed by atoms with Crippen LogP contribution in [-0.2, 0) is 17.5 Å². The van der Waals surface area contributed by atoms with Crippen LogP contribution in [0, 0.1) is 10.1 Å². The van der Waals surface area contributed by atoms with E-state index in [9.17, 15) is 23.3 Å². The van der Waals surface area contributed by atoms with Gasteiger partial charge >= 0.3 is 6.18 Å². The molecule has 0 aliphatic carbocycles. The topological polar surface area (TPSA) is 64.4 Å². The Kier molecular flexibility index (Phi) is 5.76. The Hall–Kier alpha value is -2.45. The van der Waals surface area contributed by atoms with Gasteiger partial charge in [-0.2, -0.15) is 13.2 Å². The maximum absolute atomic E-state index is 13.0. The highest BCUT2D eigenvalue weighted by molar-refractivity contribution is 5.40. The summed E-state index contributed by atoms with van der Waals surface area (Å²) in [7, 11) is 0. The van der Waals surface area contributed by atoms with E-state index in [-0.39, 0.29) is 24.2 Å². The quantitative estimate of drug-likeness (QED) is 0.621. The summed E-state index contributed by atoms with van der Waals surface area (Å²) in [6.07, 6.45) is -4.12. The molecule has 27 heavy (non-hydrogen) atoms. The average molecular weight is 380 g/mol. The number of nitrogens with one attached hydrogen (secondary N) is 1. The SMILES string of the molecule is O=[N+]([O-])c1cc(COC2CCNCC2c2ccccc2)cc(C(F)(F)F)c1. The first-order valence-corrected chi connectivity index (χ1v) is 8.57. The normalized spacial score (nSPS) is 20.4. The zero-order valence-corrected chi connectivity index (χ0v) is 14.4. The minimum Gasteiger partial charge on any atom is -0.373 e. The molecule has 3 rings (SSSR count). The van der Waals surface area contributed by atoms with E-state index in [1.54, 1.807) is 0 Å². The molecule has 1 aliphatic rings. The standard InChI is InChI=1S/C19H19F3N2O3/c20-19(21,22)15-8-13(9-16(10-15)24(25)26)12-27-18-6-7-23-11-17(18)14-4-2-1-3-5-14/h1-5,8-10,17-18,23H,6-7,11-12H2. The monoisotopic (exact) mass is 380 g/mol. The van der Waals surface area contributed by atoms with Gasteiger partial charge in [-0.3, -0.25) is 10.1 Å². The fraction of sp³-hybridized carbons (Fsp3) is 0.368. The highest BCUT2D eigenvalue weighted by atomic mass is 19.4. The predicted molar refractivity (Wildman–Crippen MR) is 93.3 cm³/mol. The van der Waals surface area contributed by atoms with Gasteiger partial charge in [0.1, 0.15) is 0 Å². The number of halogens is 3. The van der Waals surface area contributed by atoms with Crippen molar-refractivity contribution in [2.45, 2.75) is 31.2 Å². The molecule has 8 heteroatoms. The van der Waals surface area contributed by atoms with Gasteiger partial charge in [-0.1, -0.05) is 30.3 Å². The molecule has 1 heterocycles. The van der Waals surface area contributed by atoms with Crippen molar-refractivity contribution in [3.8, 4) is 0 Å². The van der Waals surface area contributed by atoms with Crippen molar-refractivity contribution in [3.63, 3.8) is 0 Å². The van der Waals surface area contributed by atoms with Crippen LogP contribution in [0.15, 0.2) is 48.5 Å². The molecule has 1 aliphatic heterocycles. The number of nitro benzene ring substituents is 1. The molecule has 144 valence electrons. The zero-order chi connectivity index (χ0) is 19.4. The number of non-ortho nitro benzene ring substituents is 1. The van der Waals surface area contributed by atoms with Crippen molar-refractivity contribution in [2.24, 2.45) is 0 Å². The number of nitro groups is 1. The van der Waals surface area contributed by atoms with Crippen molar-refractivity contribution >= 4 is 5.69 Å². The Balaban J connectivity index is 1.78. The lowest BCUT2D eigenvalue weighted by Gasteiger charge is -2.32. The van der Waals surface area contributed by atoms with Gasteiger partial charge in [-0.15, -0.1) is 0 Å². The van der Waals surface area contributed by atoms with Crippen molar-refractivity contribution in [1.29, 1.82) is 0 Å². The summed E-state index contributed by atoms with van der Waals surface area (Å²) in [5, 5.41) is 14.3. The number of nitrogens with zero attached hydrogens (tertiary/aromatic N) is 1. The van der Waals surface area contributed by atoms with Gasteiger partial charge in [-0.25, -0.2) is 0 Å². The van der Waals surface area contributed by atoms with Crippen molar-refractivity contribution < 1.29 is 22.8 Å². The number of alkyl halides is 3. The Morgan fingerprint density at radius 2 is 1.93 bits per heavy atom. The molecule has 0 radical (unpaired) electrons. The molecule has 1 saturated heterocycles. The number of ether oxygens (including phenoxy) is 1. The number of rotatable bonds is 5. The zero-order valence-electron chi connectivity index (χ0n) is 14.4. The number of hydrogen-bond donors (Lipinski definition) is 1. The van der Waals surface area contributed by atoms with Gasteiger partial charge in [0.25, 0.3) is 5.69 Å². The third kappa shape index (κ3) is 4.84. The molecular weight excluding hydrogens is 361 g/mol. The van der Waals surface area contributed by atoms with E-state index < -0.39 is 22.4 Å². The lowest BCUT2D eigenvalue weighted by Crippen LogP contribution is -2.39. The minimum atomic E-state index is -4.65. The Labute approximate surface area is 154 Å². The Bertz CT molecular complexity index is 797. The summed E-state index contributed by atoms with van der Waals surface area (Å²) in [6, 6.07) is 12.3. The molecule has 1 fully saturated rings. The van der Waals surface area contributed by atoms with Crippen LogP contribution >= 0.6 is 0 Å². The van der Waals surface area contributed by atoms with Crippen LogP contribution in [0.1, 0.15) is 29.0 Å². The largest absolute Gasteiger partial charge is 0.416 e. The van der Waals surface area contributed by atoms with Crippen molar-refractivity contribution in [3.05, 3.63) is 75.3 Å². The third-order valence-electron chi connectivity index (χ3n) is 4.63. The fourth-order valence-corrected chi connectivity index (χ4v) is 3.30. The molecule has 2 aromatic carbocycles. The molecule has 1 N–H and O–H groups in total. The first-order chi connectivity index (χ1) is 12.8. The van der Waals surface area contributed by atoms with Crippen molar-refractivity contribution in [1.82, 2.24) is 5.32 Å². The summed E-state index contributed by atoms with van der Waals surface area (Å²) >= 11 is 0. The van der Waals surface area contributed by atoms with Crippen LogP contribution < -0.4 is 5.32 Å². The van der Waals surface area contributed by atoms with Crippen LogP contribution in [0.4, 0.5) is 18.9 Å². The summed E-state index contributed by atoms with van der Waals surface area (Å²) < 4.78 is 45.0. The molecule has 2 unspecified atom stereocenters. The van der Waals surface area contributed by atoms with Gasteiger partial charge in [-0.05, 0) is 30.2 Å². The van der Waals surface area contributed by atoms with Crippen LogP contribution in [0.5, 0.6) is 0 Å². The molecular formula is C19H19F3N2O3. The van der Waals surface area contributed by atoms with Gasteiger partial charge in [0, 0.05) is 24.6 Å². The maximum atomic E-state index is 13.0. The van der Waals surface area contributed by atoms with E-state index in [4.69, 9.17) is 4.74 Å². The summed E-state index contributed by atoms with van der Waals surface area (Å²) in [5.41, 5.74) is -0.403. The van der Waals surface area contributed by atoms with Crippen LogP contribution in [0.25, 0.3) is 0 Å². The average Bonchev–Trinajstić information content (AvgIpc) is 2.66. The predicted octanol–water partition coefficient (Wildman–Crippen LogP) is 4.28. The van der Waals surface area contributed by atoms with E-state index in [1.807, 2.05) is 30.3 Å². The molecule has 0 saturated carbocycles. The maximum Gasteiger partial charge on any atom is 0.416 e. The highest BCUT2D eigenvalue weighted by Crippen LogP contribution is 2.33. The molecule has 5 nitrogen and oxygen atoms in total. The van der Waals surface area contributed by atoms with Gasteiger partial charge < -0.3 is 10.1 Å². The fourth-order valence-electron chi connectivity index (χ4n) is 3.30. The van der Waals surface area contributed by atoms with Gasteiger partial charge in [0.15, 0.2) is 0 Å². The Morgan fingerprint density at radius 1 is 1.19 bits per heavy atom. The molecule has 2 atom stereocenters. The lowest BCUT2D eigenvalue weighted by molar-refractivity contribution is -0.385. The number of benzene rings is 2. The number of piperidine rings is 1. The van der Waals surface area contributed by atoms with Crippen LogP contribution in [0.3, 0.4) is 0 Å². The van der Waals surface area contributed by atoms with Crippen molar-refractivity contribution in [2.75, 3.05) is 13.1 Å². The van der Waals surface area contributed by atoms with Gasteiger partial charge in [0.2, 0.25) is 0 Å². The van der Waals surface area contributed by atoms with E-state index in [0.29, 0.717) is 19.0 Å². The van der Waals surface area contributed by atoms with Crippen LogP contribution in [-0.4, -0.2) is 24.1 Å². The highest BCUT2D eigenvalue weighted by Gasteiger charge is 2.33. The van der Waals surface area contributed by atoms with E-state index in [0.717, 1.165) is 24.2 Å². The molecule has 0 bridgehead atoms. The Morgan fingerprint density at radius 3 is 2.59 bits per heavy atom. The van der Waals surface area contributed by atoms with E-state index in [2.05, 4.69) is 5.32 Å². The van der Waals surface area contributed by atoms with Gasteiger partial charge in [0.05, 0.1) is 23.2 Å². The first kappa shape index (κ1) is 19.3. The van der Waals surface area contributed by atoms with Crippen LogP contribution in [0.2, 0.25) is 0 Å². The minimum absolute atomic E-state index is 0.0701. The second-order valence-corrected chi connectivity index (χ2v) is 6.50. The molecule has 2 aromatic rings. The smallest absolute Gasteiger partial charge is 0.373 e. The molecule has 0 amide bonds. The molecule has 0 aromatic heterocycles. The summed E-state index contributed by atoms with van der Waals surface area (Å²) in [6.45, 7) is 1.34. The second-order valence-electron chi connectivity index (χ2n) is 6.50. The molecule has 0 spiro atoms. The van der Waals surface area contributed by atoms with E-state index in [1.165, 1.54) is 0 Å². The summed E-state index contributed by atoms with van der Waals surface area (Å²) in [4.78, 5) is 10.1. The summed E-state index contributed by atoms with van der Waals surface area (Å²) in [5.74, 6) is 0.0701. The van der Waals surface area contributed by atoms with E-state index >= 15 is 0 Å². The second kappa shape index (κ2) is 8.06.